The fraction of sp³-hybridized carbons (Fsp3) is 0.167. The summed E-state index contributed by atoms with van der Waals surface area (Å²) in [5, 5.41) is 8.89. The van der Waals surface area contributed by atoms with E-state index in [0.717, 1.165) is 5.56 Å². The molecule has 0 saturated carbocycles. The molecule has 2 rings (SSSR count). The Morgan fingerprint density at radius 3 is 2.94 bits per heavy atom. The molecule has 0 spiro atoms. The van der Waals surface area contributed by atoms with Crippen molar-refractivity contribution in [3.8, 4) is 17.1 Å². The third kappa shape index (κ3) is 2.46. The Kier molecular flexibility index (Phi) is 3.53. The lowest BCUT2D eigenvalue weighted by molar-refractivity contribution is 0.0691. The molecule has 0 aliphatic rings. The second kappa shape index (κ2) is 5.10. The first kappa shape index (κ1) is 12.4. The molecule has 0 bridgehead atoms. The molecule has 0 unspecified atom stereocenters. The van der Waals surface area contributed by atoms with Crippen molar-refractivity contribution >= 4 is 17.6 Å². The van der Waals surface area contributed by atoms with Crippen LogP contribution in [-0.4, -0.2) is 27.7 Å². The molecular weight excluding hydrogens is 256 g/mol. The maximum atomic E-state index is 10.8. The van der Waals surface area contributed by atoms with Gasteiger partial charge in [-0.15, -0.1) is 0 Å². The van der Waals surface area contributed by atoms with E-state index in [-0.39, 0.29) is 10.8 Å². The number of hydrogen-bond acceptors (Lipinski definition) is 3. The molecule has 2 N–H and O–H groups in total. The van der Waals surface area contributed by atoms with Crippen molar-refractivity contribution in [3.63, 3.8) is 0 Å². The molecular formula is C12H11ClN2O3. The van der Waals surface area contributed by atoms with Gasteiger partial charge in [0.1, 0.15) is 16.7 Å². The molecule has 1 heterocycles. The van der Waals surface area contributed by atoms with Gasteiger partial charge in [-0.3, -0.25) is 0 Å². The molecule has 0 atom stereocenters. The second-order valence-electron chi connectivity index (χ2n) is 3.51. The molecule has 0 radical (unpaired) electrons. The molecule has 2 aromatic rings. The van der Waals surface area contributed by atoms with Crippen molar-refractivity contribution in [3.05, 3.63) is 35.1 Å². The van der Waals surface area contributed by atoms with Gasteiger partial charge in [-0.1, -0.05) is 23.7 Å². The maximum Gasteiger partial charge on any atom is 0.357 e. The number of halogens is 1. The monoisotopic (exact) mass is 266 g/mol. The number of H-pyrrole nitrogens is 1. The highest BCUT2D eigenvalue weighted by Gasteiger charge is 2.16. The van der Waals surface area contributed by atoms with Crippen molar-refractivity contribution in [2.75, 3.05) is 6.61 Å². The molecule has 18 heavy (non-hydrogen) atoms. The summed E-state index contributed by atoms with van der Waals surface area (Å²) in [5.74, 6) is -0.0678. The fourth-order valence-electron chi connectivity index (χ4n) is 1.53. The number of carboxylic acid groups (broad SMARTS) is 1. The minimum atomic E-state index is -1.16. The predicted molar refractivity (Wildman–Crippen MR) is 67.2 cm³/mol. The summed E-state index contributed by atoms with van der Waals surface area (Å²) in [5.41, 5.74) is 0.531. The molecule has 0 saturated heterocycles. The summed E-state index contributed by atoms with van der Waals surface area (Å²) in [4.78, 5) is 17.5. The Balaban J connectivity index is 2.39. The smallest absolute Gasteiger partial charge is 0.357 e. The summed E-state index contributed by atoms with van der Waals surface area (Å²) in [6.07, 6.45) is 0. The third-order valence-corrected chi connectivity index (χ3v) is 2.55. The van der Waals surface area contributed by atoms with Crippen LogP contribution in [0.4, 0.5) is 0 Å². The van der Waals surface area contributed by atoms with E-state index < -0.39 is 5.97 Å². The van der Waals surface area contributed by atoms with Crippen LogP contribution in [0.1, 0.15) is 17.4 Å². The molecule has 6 heteroatoms. The normalized spacial score (nSPS) is 10.3. The molecule has 0 aliphatic heterocycles. The Morgan fingerprint density at radius 2 is 2.33 bits per heavy atom. The van der Waals surface area contributed by atoms with E-state index in [1.54, 1.807) is 18.2 Å². The van der Waals surface area contributed by atoms with Crippen LogP contribution >= 0.6 is 11.6 Å². The second-order valence-corrected chi connectivity index (χ2v) is 3.89. The van der Waals surface area contributed by atoms with Crippen molar-refractivity contribution < 1.29 is 14.6 Å². The molecule has 1 aromatic heterocycles. The van der Waals surface area contributed by atoms with Gasteiger partial charge in [-0.2, -0.15) is 0 Å². The lowest BCUT2D eigenvalue weighted by Crippen LogP contribution is -1.97. The number of aromatic nitrogens is 2. The van der Waals surface area contributed by atoms with Gasteiger partial charge in [0.2, 0.25) is 0 Å². The van der Waals surface area contributed by atoms with Crippen molar-refractivity contribution in [2.45, 2.75) is 6.92 Å². The Labute approximate surface area is 108 Å². The van der Waals surface area contributed by atoms with Gasteiger partial charge in [-0.05, 0) is 19.1 Å². The Morgan fingerprint density at radius 1 is 1.56 bits per heavy atom. The highest BCUT2D eigenvalue weighted by atomic mass is 35.5. The first-order valence-electron chi connectivity index (χ1n) is 5.34. The average Bonchev–Trinajstić information content (AvgIpc) is 2.72. The zero-order valence-corrected chi connectivity index (χ0v) is 10.4. The predicted octanol–water partition coefficient (Wildman–Crippen LogP) is 2.83. The first-order chi connectivity index (χ1) is 8.61. The van der Waals surface area contributed by atoms with Gasteiger partial charge < -0.3 is 14.8 Å². The van der Waals surface area contributed by atoms with Crippen LogP contribution in [-0.2, 0) is 0 Å². The van der Waals surface area contributed by atoms with Gasteiger partial charge in [0.25, 0.3) is 0 Å². The van der Waals surface area contributed by atoms with Crippen molar-refractivity contribution in [1.29, 1.82) is 0 Å². The molecule has 0 aliphatic carbocycles. The van der Waals surface area contributed by atoms with Crippen LogP contribution in [0.5, 0.6) is 5.75 Å². The summed E-state index contributed by atoms with van der Waals surface area (Å²) in [7, 11) is 0. The van der Waals surface area contributed by atoms with Crippen molar-refractivity contribution in [2.24, 2.45) is 0 Å². The Hall–Kier alpha value is -2.01. The molecule has 94 valence electrons. The van der Waals surface area contributed by atoms with Gasteiger partial charge in [-0.25, -0.2) is 9.78 Å². The topological polar surface area (TPSA) is 75.2 Å². The van der Waals surface area contributed by atoms with Crippen LogP contribution in [0.3, 0.4) is 0 Å². The lowest BCUT2D eigenvalue weighted by atomic mass is 10.2. The number of aromatic carboxylic acids is 1. The van der Waals surface area contributed by atoms with Gasteiger partial charge >= 0.3 is 5.97 Å². The number of imidazole rings is 1. The summed E-state index contributed by atoms with van der Waals surface area (Å²) < 4.78 is 5.36. The number of aromatic amines is 1. The molecule has 0 fully saturated rings. The third-order valence-electron chi connectivity index (χ3n) is 2.28. The number of carbonyl (C=O) groups is 1. The van der Waals surface area contributed by atoms with Gasteiger partial charge in [0, 0.05) is 5.56 Å². The van der Waals surface area contributed by atoms with Crippen LogP contribution in [0.15, 0.2) is 24.3 Å². The highest BCUT2D eigenvalue weighted by Crippen LogP contribution is 2.24. The number of rotatable bonds is 4. The molecule has 0 amide bonds. The van der Waals surface area contributed by atoms with E-state index in [4.69, 9.17) is 21.4 Å². The number of hydrogen-bond donors (Lipinski definition) is 2. The maximum absolute atomic E-state index is 10.8. The number of carboxylic acids is 1. The Bertz CT molecular complexity index is 580. The van der Waals surface area contributed by atoms with Crippen LogP contribution in [0.25, 0.3) is 11.4 Å². The lowest BCUT2D eigenvalue weighted by Gasteiger charge is -2.03. The largest absolute Gasteiger partial charge is 0.494 e. The van der Waals surface area contributed by atoms with E-state index in [1.165, 1.54) is 0 Å². The zero-order valence-electron chi connectivity index (χ0n) is 9.61. The average molecular weight is 267 g/mol. The standard InChI is InChI=1S/C12H11ClN2O3/c1-2-18-8-5-3-4-7(6-8)11-14-9(12(16)17)10(13)15-11/h3-6H,2H2,1H3,(H,14,15)(H,16,17). The zero-order chi connectivity index (χ0) is 13.1. The quantitative estimate of drug-likeness (QED) is 0.892. The van der Waals surface area contributed by atoms with E-state index >= 15 is 0 Å². The van der Waals surface area contributed by atoms with Crippen LogP contribution in [0, 0.1) is 0 Å². The summed E-state index contributed by atoms with van der Waals surface area (Å²) in [6, 6.07) is 7.18. The minimum absolute atomic E-state index is 0.0133. The number of benzene rings is 1. The van der Waals surface area contributed by atoms with Gasteiger partial charge in [0.15, 0.2) is 5.69 Å². The summed E-state index contributed by atoms with van der Waals surface area (Å²) in [6.45, 7) is 2.45. The SMILES string of the molecule is CCOc1cccc(-c2nc(C(=O)O)c(Cl)[nH]2)c1. The number of ether oxygens (including phenoxy) is 1. The fourth-order valence-corrected chi connectivity index (χ4v) is 1.74. The highest BCUT2D eigenvalue weighted by molar-refractivity contribution is 6.32. The van der Waals surface area contributed by atoms with E-state index in [0.29, 0.717) is 18.2 Å². The number of nitrogens with one attached hydrogen (secondary N) is 1. The summed E-state index contributed by atoms with van der Waals surface area (Å²) >= 11 is 5.76. The first-order valence-corrected chi connectivity index (χ1v) is 5.71. The van der Waals surface area contributed by atoms with E-state index in [2.05, 4.69) is 9.97 Å². The van der Waals surface area contributed by atoms with E-state index in [1.807, 2.05) is 13.0 Å². The number of nitrogens with zero attached hydrogens (tertiary/aromatic N) is 1. The minimum Gasteiger partial charge on any atom is -0.494 e. The molecule has 1 aromatic carbocycles. The van der Waals surface area contributed by atoms with Gasteiger partial charge in [0.05, 0.1) is 6.61 Å². The molecule has 5 nitrogen and oxygen atoms in total. The van der Waals surface area contributed by atoms with Crippen LogP contribution < -0.4 is 4.74 Å². The van der Waals surface area contributed by atoms with E-state index in [9.17, 15) is 4.79 Å². The van der Waals surface area contributed by atoms with Crippen LogP contribution in [0.2, 0.25) is 5.15 Å². The van der Waals surface area contributed by atoms with Crippen molar-refractivity contribution in [1.82, 2.24) is 9.97 Å².